The molecule has 1 fully saturated rings. The summed E-state index contributed by atoms with van der Waals surface area (Å²) in [6.07, 6.45) is 2.17. The molecule has 1 amide bonds. The molecule has 0 spiro atoms. The Bertz CT molecular complexity index is 683. The number of amides is 1. The number of rotatable bonds is 7. The van der Waals surface area contributed by atoms with Gasteiger partial charge in [0.1, 0.15) is 12.4 Å². The van der Waals surface area contributed by atoms with E-state index >= 15 is 0 Å². The number of carbonyl (C=O) groups excluding carboxylic acids is 1. The number of likely N-dealkylation sites (tertiary alicyclic amines) is 1. The van der Waals surface area contributed by atoms with Gasteiger partial charge in [-0.15, -0.1) is 12.4 Å². The maximum atomic E-state index is 12.7. The molecule has 0 atom stereocenters. The second-order valence-corrected chi connectivity index (χ2v) is 6.84. The van der Waals surface area contributed by atoms with Gasteiger partial charge in [0.15, 0.2) is 0 Å². The SMILES string of the molecule is CCNCC1CCN(C(=O)c2ccc(COc3ccccc3)cc2)CC1.Cl. The third-order valence-electron chi connectivity index (χ3n) is 4.93. The predicted molar refractivity (Wildman–Crippen MR) is 112 cm³/mol. The Morgan fingerprint density at radius 3 is 2.37 bits per heavy atom. The Morgan fingerprint density at radius 2 is 1.74 bits per heavy atom. The van der Waals surface area contributed by atoms with Crippen LogP contribution >= 0.6 is 12.4 Å². The van der Waals surface area contributed by atoms with Gasteiger partial charge in [0.25, 0.3) is 5.91 Å². The van der Waals surface area contributed by atoms with Crippen molar-refractivity contribution in [3.8, 4) is 5.75 Å². The highest BCUT2D eigenvalue weighted by Gasteiger charge is 2.23. The topological polar surface area (TPSA) is 41.6 Å². The van der Waals surface area contributed by atoms with E-state index in [0.717, 1.165) is 55.9 Å². The fraction of sp³-hybridized carbons (Fsp3) is 0.409. The summed E-state index contributed by atoms with van der Waals surface area (Å²) >= 11 is 0. The number of carbonyl (C=O) groups is 1. The zero-order valence-corrected chi connectivity index (χ0v) is 16.7. The Morgan fingerprint density at radius 1 is 1.07 bits per heavy atom. The maximum Gasteiger partial charge on any atom is 0.253 e. The van der Waals surface area contributed by atoms with Gasteiger partial charge in [-0.2, -0.15) is 0 Å². The van der Waals surface area contributed by atoms with Crippen LogP contribution in [0.3, 0.4) is 0 Å². The number of benzene rings is 2. The van der Waals surface area contributed by atoms with Crippen LogP contribution in [0.15, 0.2) is 54.6 Å². The van der Waals surface area contributed by atoms with Gasteiger partial charge < -0.3 is 15.0 Å². The van der Waals surface area contributed by atoms with Crippen molar-refractivity contribution in [2.24, 2.45) is 5.92 Å². The van der Waals surface area contributed by atoms with Gasteiger partial charge in [-0.25, -0.2) is 0 Å². The van der Waals surface area contributed by atoms with Crippen LogP contribution in [0.2, 0.25) is 0 Å². The molecule has 1 aliphatic rings. The molecule has 1 aliphatic heterocycles. The van der Waals surface area contributed by atoms with E-state index in [2.05, 4.69) is 12.2 Å². The summed E-state index contributed by atoms with van der Waals surface area (Å²) in [5.41, 5.74) is 1.83. The predicted octanol–water partition coefficient (Wildman–Crippen LogP) is 4.15. The van der Waals surface area contributed by atoms with E-state index in [9.17, 15) is 4.79 Å². The van der Waals surface area contributed by atoms with E-state index in [1.807, 2.05) is 59.5 Å². The molecule has 5 heteroatoms. The van der Waals surface area contributed by atoms with Crippen LogP contribution in [0, 0.1) is 5.92 Å². The lowest BCUT2D eigenvalue weighted by atomic mass is 9.96. The van der Waals surface area contributed by atoms with Crippen LogP contribution in [0.5, 0.6) is 5.75 Å². The zero-order chi connectivity index (χ0) is 18.2. The minimum Gasteiger partial charge on any atom is -0.489 e. The Labute approximate surface area is 168 Å². The van der Waals surface area contributed by atoms with Crippen LogP contribution in [0.1, 0.15) is 35.7 Å². The number of halogens is 1. The third kappa shape index (κ3) is 6.26. The number of para-hydroxylation sites is 1. The molecule has 1 N–H and O–H groups in total. The Balaban J connectivity index is 0.00000261. The minimum atomic E-state index is 0. The minimum absolute atomic E-state index is 0. The van der Waals surface area contributed by atoms with Crippen molar-refractivity contribution in [1.82, 2.24) is 10.2 Å². The zero-order valence-electron chi connectivity index (χ0n) is 15.9. The Kier molecular flexibility index (Phi) is 8.62. The monoisotopic (exact) mass is 388 g/mol. The number of hydrogen-bond acceptors (Lipinski definition) is 3. The molecule has 1 heterocycles. The van der Waals surface area contributed by atoms with Crippen molar-refractivity contribution in [1.29, 1.82) is 0 Å². The highest BCUT2D eigenvalue weighted by molar-refractivity contribution is 5.94. The summed E-state index contributed by atoms with van der Waals surface area (Å²) < 4.78 is 5.75. The normalized spacial score (nSPS) is 14.5. The average molecular weight is 389 g/mol. The molecule has 2 aromatic carbocycles. The summed E-state index contributed by atoms with van der Waals surface area (Å²) in [4.78, 5) is 14.7. The van der Waals surface area contributed by atoms with Crippen molar-refractivity contribution < 1.29 is 9.53 Å². The molecule has 146 valence electrons. The summed E-state index contributed by atoms with van der Waals surface area (Å²) in [6, 6.07) is 17.6. The number of nitrogens with zero attached hydrogens (tertiary/aromatic N) is 1. The summed E-state index contributed by atoms with van der Waals surface area (Å²) in [6.45, 7) is 6.43. The smallest absolute Gasteiger partial charge is 0.253 e. The lowest BCUT2D eigenvalue weighted by Crippen LogP contribution is -2.40. The molecule has 0 radical (unpaired) electrons. The first kappa shape index (κ1) is 21.3. The van der Waals surface area contributed by atoms with Crippen LogP contribution < -0.4 is 10.1 Å². The van der Waals surface area contributed by atoms with Gasteiger partial charge in [-0.05, 0) is 61.7 Å². The number of piperidine rings is 1. The fourth-order valence-electron chi connectivity index (χ4n) is 3.30. The lowest BCUT2D eigenvalue weighted by Gasteiger charge is -2.32. The Hall–Kier alpha value is -2.04. The second-order valence-electron chi connectivity index (χ2n) is 6.84. The standard InChI is InChI=1S/C22H28N2O2.ClH/c1-2-23-16-18-12-14-24(15-13-18)22(25)20-10-8-19(9-11-20)17-26-21-6-4-3-5-7-21;/h3-11,18,23H,2,12-17H2,1H3;1H. The van der Waals surface area contributed by atoms with Crippen LogP contribution in [-0.2, 0) is 6.61 Å². The molecule has 27 heavy (non-hydrogen) atoms. The molecule has 3 rings (SSSR count). The summed E-state index contributed by atoms with van der Waals surface area (Å²) in [5.74, 6) is 1.69. The molecule has 1 saturated heterocycles. The largest absolute Gasteiger partial charge is 0.489 e. The van der Waals surface area contributed by atoms with Gasteiger partial charge in [-0.1, -0.05) is 37.3 Å². The van der Waals surface area contributed by atoms with Crippen molar-refractivity contribution in [3.05, 3.63) is 65.7 Å². The van der Waals surface area contributed by atoms with Gasteiger partial charge in [0.05, 0.1) is 0 Å². The van der Waals surface area contributed by atoms with Gasteiger partial charge >= 0.3 is 0 Å². The average Bonchev–Trinajstić information content (AvgIpc) is 2.72. The molecule has 0 bridgehead atoms. The van der Waals surface area contributed by atoms with E-state index in [0.29, 0.717) is 12.5 Å². The van der Waals surface area contributed by atoms with Crippen molar-refractivity contribution in [3.63, 3.8) is 0 Å². The number of nitrogens with one attached hydrogen (secondary N) is 1. The molecule has 4 nitrogen and oxygen atoms in total. The van der Waals surface area contributed by atoms with Gasteiger partial charge in [0, 0.05) is 18.7 Å². The molecular formula is C22H29ClN2O2. The maximum absolute atomic E-state index is 12.7. The lowest BCUT2D eigenvalue weighted by molar-refractivity contribution is 0.0690. The number of hydrogen-bond donors (Lipinski definition) is 1. The van der Waals surface area contributed by atoms with Gasteiger partial charge in [-0.3, -0.25) is 4.79 Å². The first-order valence-corrected chi connectivity index (χ1v) is 9.53. The van der Waals surface area contributed by atoms with E-state index in [1.165, 1.54) is 0 Å². The van der Waals surface area contributed by atoms with Crippen molar-refractivity contribution in [2.45, 2.75) is 26.4 Å². The quantitative estimate of drug-likeness (QED) is 0.774. The van der Waals surface area contributed by atoms with Gasteiger partial charge in [0.2, 0.25) is 0 Å². The molecule has 0 unspecified atom stereocenters. The fourth-order valence-corrected chi connectivity index (χ4v) is 3.30. The van der Waals surface area contributed by atoms with E-state index in [1.54, 1.807) is 0 Å². The third-order valence-corrected chi connectivity index (χ3v) is 4.93. The summed E-state index contributed by atoms with van der Waals surface area (Å²) in [5, 5.41) is 3.41. The van der Waals surface area contributed by atoms with Crippen molar-refractivity contribution >= 4 is 18.3 Å². The van der Waals surface area contributed by atoms with E-state index in [4.69, 9.17) is 4.74 Å². The van der Waals surface area contributed by atoms with E-state index < -0.39 is 0 Å². The van der Waals surface area contributed by atoms with E-state index in [-0.39, 0.29) is 18.3 Å². The number of ether oxygens (including phenoxy) is 1. The molecule has 2 aromatic rings. The van der Waals surface area contributed by atoms with Crippen molar-refractivity contribution in [2.75, 3.05) is 26.2 Å². The summed E-state index contributed by atoms with van der Waals surface area (Å²) in [7, 11) is 0. The first-order chi connectivity index (χ1) is 12.8. The second kappa shape index (κ2) is 11.0. The van der Waals surface area contributed by atoms with Crippen LogP contribution in [0.25, 0.3) is 0 Å². The van der Waals surface area contributed by atoms with Crippen LogP contribution in [0.4, 0.5) is 0 Å². The highest BCUT2D eigenvalue weighted by Crippen LogP contribution is 2.19. The molecule has 0 aliphatic carbocycles. The first-order valence-electron chi connectivity index (χ1n) is 9.53. The van der Waals surface area contributed by atoms with Crippen LogP contribution in [-0.4, -0.2) is 37.0 Å². The molecule has 0 saturated carbocycles. The highest BCUT2D eigenvalue weighted by atomic mass is 35.5. The molecule has 0 aromatic heterocycles. The molecular weight excluding hydrogens is 360 g/mol.